The van der Waals surface area contributed by atoms with Crippen LogP contribution in [0.15, 0.2) is 17.1 Å². The van der Waals surface area contributed by atoms with E-state index >= 15 is 0 Å². The third kappa shape index (κ3) is 2.16. The Labute approximate surface area is 112 Å². The molecule has 0 amide bonds. The highest BCUT2D eigenvalue weighted by atomic mass is 16.3. The summed E-state index contributed by atoms with van der Waals surface area (Å²) in [6.45, 7) is 0.164. The molecule has 1 aromatic rings. The van der Waals surface area contributed by atoms with E-state index < -0.39 is 0 Å². The second kappa shape index (κ2) is 4.96. The molecule has 1 aromatic heterocycles. The van der Waals surface area contributed by atoms with Gasteiger partial charge in [-0.05, 0) is 50.0 Å². The third-order valence-electron chi connectivity index (χ3n) is 3.86. The fourth-order valence-corrected chi connectivity index (χ4v) is 3.00. The van der Waals surface area contributed by atoms with Gasteiger partial charge in [0.05, 0.1) is 0 Å². The lowest BCUT2D eigenvalue weighted by Gasteiger charge is -2.19. The first kappa shape index (κ1) is 12.7. The Morgan fingerprint density at radius 2 is 2.21 bits per heavy atom. The number of aromatic nitrogens is 2. The maximum atomic E-state index is 11.9. The number of hydrogen-bond acceptors (Lipinski definition) is 4. The van der Waals surface area contributed by atoms with Crippen molar-refractivity contribution in [1.29, 1.82) is 0 Å². The van der Waals surface area contributed by atoms with E-state index in [0.29, 0.717) is 5.92 Å². The van der Waals surface area contributed by atoms with Crippen molar-refractivity contribution in [3.8, 4) is 0 Å². The zero-order chi connectivity index (χ0) is 13.4. The summed E-state index contributed by atoms with van der Waals surface area (Å²) in [6, 6.07) is 1.64. The minimum Gasteiger partial charge on any atom is -0.396 e. The van der Waals surface area contributed by atoms with E-state index in [9.17, 15) is 4.79 Å². The number of nitrogen functional groups attached to an aromatic ring is 1. The predicted octanol–water partition coefficient (Wildman–Crippen LogP) is 0.544. The maximum Gasteiger partial charge on any atom is 0.349 e. The van der Waals surface area contributed by atoms with Crippen LogP contribution in [0, 0.1) is 37.0 Å². The molecule has 2 aliphatic rings. The van der Waals surface area contributed by atoms with E-state index in [1.54, 1.807) is 16.8 Å². The predicted molar refractivity (Wildman–Crippen MR) is 71.1 cm³/mol. The number of rotatable bonds is 3. The molecule has 3 N–H and O–H groups in total. The molecule has 0 bridgehead atoms. The van der Waals surface area contributed by atoms with Crippen molar-refractivity contribution < 1.29 is 5.11 Å². The Kier molecular flexibility index (Phi) is 3.31. The van der Waals surface area contributed by atoms with Crippen LogP contribution in [0.25, 0.3) is 0 Å². The van der Waals surface area contributed by atoms with Crippen molar-refractivity contribution >= 4 is 5.82 Å². The van der Waals surface area contributed by atoms with Gasteiger partial charge < -0.3 is 10.8 Å². The molecule has 0 aromatic carbocycles. The van der Waals surface area contributed by atoms with Gasteiger partial charge in [0.1, 0.15) is 5.82 Å². The van der Waals surface area contributed by atoms with Crippen LogP contribution in [0.3, 0.4) is 0 Å². The van der Waals surface area contributed by atoms with Gasteiger partial charge in [-0.2, -0.15) is 4.98 Å². The Morgan fingerprint density at radius 1 is 1.42 bits per heavy atom. The highest BCUT2D eigenvalue weighted by Crippen LogP contribution is 2.55. The summed E-state index contributed by atoms with van der Waals surface area (Å²) in [5.74, 6) is 2.95. The van der Waals surface area contributed by atoms with Crippen LogP contribution >= 0.6 is 0 Å². The SMILES string of the molecule is Nc1ccn([C@@H]2C[C@@H](CCO)[C]3[CH][CH][CH][C]32)c(=O)n1. The quantitative estimate of drug-likeness (QED) is 0.829. The molecule has 0 spiro atoms. The lowest BCUT2D eigenvalue weighted by Crippen LogP contribution is -2.28. The van der Waals surface area contributed by atoms with Crippen LogP contribution < -0.4 is 11.4 Å². The van der Waals surface area contributed by atoms with Gasteiger partial charge in [0.15, 0.2) is 0 Å². The van der Waals surface area contributed by atoms with E-state index in [2.05, 4.69) is 11.4 Å². The normalized spacial score (nSPS) is 27.8. The average molecular weight is 258 g/mol. The van der Waals surface area contributed by atoms with Crippen molar-refractivity contribution in [2.45, 2.75) is 18.9 Å². The molecule has 99 valence electrons. The molecular formula is C14H16N3O2. The summed E-state index contributed by atoms with van der Waals surface area (Å²) < 4.78 is 1.63. The maximum absolute atomic E-state index is 11.9. The molecule has 2 saturated carbocycles. The van der Waals surface area contributed by atoms with Crippen LogP contribution in [0.1, 0.15) is 18.9 Å². The highest BCUT2D eigenvalue weighted by molar-refractivity contribution is 5.50. The Bertz CT molecular complexity index is 514. The lowest BCUT2D eigenvalue weighted by molar-refractivity contribution is 0.261. The van der Waals surface area contributed by atoms with E-state index in [1.165, 1.54) is 5.92 Å². The van der Waals surface area contributed by atoms with Crippen molar-refractivity contribution in [3.63, 3.8) is 0 Å². The largest absolute Gasteiger partial charge is 0.396 e. The van der Waals surface area contributed by atoms with Crippen LogP contribution in [0.2, 0.25) is 0 Å². The Hall–Kier alpha value is -1.36. The van der Waals surface area contributed by atoms with Gasteiger partial charge in [-0.15, -0.1) is 0 Å². The number of aliphatic hydroxyl groups excluding tert-OH is 1. The van der Waals surface area contributed by atoms with Crippen LogP contribution in [0.4, 0.5) is 5.82 Å². The first-order valence-corrected chi connectivity index (χ1v) is 6.41. The molecule has 5 radical (unpaired) electrons. The monoisotopic (exact) mass is 258 g/mol. The van der Waals surface area contributed by atoms with E-state index in [1.807, 2.05) is 12.8 Å². The fraction of sp³-hybridized carbons (Fsp3) is 0.357. The van der Waals surface area contributed by atoms with Crippen LogP contribution in [-0.2, 0) is 0 Å². The molecule has 2 fully saturated rings. The summed E-state index contributed by atoms with van der Waals surface area (Å²) in [4.78, 5) is 15.7. The summed E-state index contributed by atoms with van der Waals surface area (Å²) in [7, 11) is 0. The second-order valence-electron chi connectivity index (χ2n) is 4.94. The van der Waals surface area contributed by atoms with E-state index in [-0.39, 0.29) is 24.2 Å². The highest BCUT2D eigenvalue weighted by Gasteiger charge is 2.47. The second-order valence-corrected chi connectivity index (χ2v) is 4.94. The Morgan fingerprint density at radius 3 is 2.95 bits per heavy atom. The van der Waals surface area contributed by atoms with E-state index in [4.69, 9.17) is 10.8 Å². The minimum absolute atomic E-state index is 0.00199. The molecule has 0 unspecified atom stereocenters. The van der Waals surface area contributed by atoms with Crippen LogP contribution in [-0.4, -0.2) is 21.3 Å². The molecule has 2 aliphatic carbocycles. The fourth-order valence-electron chi connectivity index (χ4n) is 3.00. The van der Waals surface area contributed by atoms with E-state index in [0.717, 1.165) is 18.8 Å². The van der Waals surface area contributed by atoms with Crippen molar-refractivity contribution in [2.75, 3.05) is 12.3 Å². The van der Waals surface area contributed by atoms with Gasteiger partial charge in [0.25, 0.3) is 0 Å². The van der Waals surface area contributed by atoms with Gasteiger partial charge in [-0.25, -0.2) is 4.79 Å². The smallest absolute Gasteiger partial charge is 0.349 e. The number of fused-ring (bicyclic) bond motifs is 1. The lowest BCUT2D eigenvalue weighted by atomic mass is 9.90. The molecule has 5 nitrogen and oxygen atoms in total. The van der Waals surface area contributed by atoms with Crippen molar-refractivity contribution in [2.24, 2.45) is 5.92 Å². The third-order valence-corrected chi connectivity index (χ3v) is 3.86. The number of nitrogens with two attached hydrogens (primary N) is 1. The molecule has 3 rings (SSSR count). The zero-order valence-corrected chi connectivity index (χ0v) is 10.5. The van der Waals surface area contributed by atoms with Gasteiger partial charge in [-0.3, -0.25) is 4.57 Å². The number of nitrogens with zero attached hydrogens (tertiary/aromatic N) is 2. The van der Waals surface area contributed by atoms with Crippen molar-refractivity contribution in [1.82, 2.24) is 9.55 Å². The summed E-state index contributed by atoms with van der Waals surface area (Å²) in [6.07, 6.45) is 9.37. The minimum atomic E-state index is -0.318. The molecule has 1 heterocycles. The molecular weight excluding hydrogens is 242 g/mol. The van der Waals surface area contributed by atoms with Gasteiger partial charge in [0, 0.05) is 24.8 Å². The molecule has 5 heteroatoms. The van der Waals surface area contributed by atoms with Crippen molar-refractivity contribution in [3.05, 3.63) is 53.8 Å². The number of anilines is 1. The molecule has 0 aliphatic heterocycles. The van der Waals surface area contributed by atoms with Crippen LogP contribution in [0.5, 0.6) is 0 Å². The summed E-state index contributed by atoms with van der Waals surface area (Å²) in [5.41, 5.74) is 5.20. The van der Waals surface area contributed by atoms with Gasteiger partial charge >= 0.3 is 5.69 Å². The number of hydrogen-bond donors (Lipinski definition) is 2. The first-order valence-electron chi connectivity index (χ1n) is 6.41. The average Bonchev–Trinajstić information content (AvgIpc) is 2.94. The van der Waals surface area contributed by atoms with Gasteiger partial charge in [0.2, 0.25) is 0 Å². The van der Waals surface area contributed by atoms with Gasteiger partial charge in [-0.1, -0.05) is 0 Å². The Balaban J connectivity index is 1.90. The summed E-state index contributed by atoms with van der Waals surface area (Å²) in [5, 5.41) is 9.14. The zero-order valence-electron chi connectivity index (χ0n) is 10.5. The molecule has 0 saturated heterocycles. The molecule has 19 heavy (non-hydrogen) atoms. The topological polar surface area (TPSA) is 81.1 Å². The standard InChI is InChI=1S/C14H16N3O2/c15-13-4-6-17(14(19)16-13)12-8-9(5-7-18)10-2-1-3-11(10)12/h1-4,6,9,12,18H,5,7-8H2,(H2,15,16,19)/t9-,12-/m1/s1. The summed E-state index contributed by atoms with van der Waals surface area (Å²) >= 11 is 0. The molecule has 2 atom stereocenters. The first-order chi connectivity index (χ1) is 9.20. The number of aliphatic hydroxyl groups is 1.